The van der Waals surface area contributed by atoms with Gasteiger partial charge in [-0.15, -0.1) is 0 Å². The molecule has 0 unspecified atom stereocenters. The van der Waals surface area contributed by atoms with E-state index >= 15 is 0 Å². The summed E-state index contributed by atoms with van der Waals surface area (Å²) in [5, 5.41) is 24.0. The molecule has 0 spiro atoms. The molecule has 2 aromatic heterocycles. The molecule has 4 aromatic rings. The minimum atomic E-state index is -0.797. The fraction of sp³-hybridized carbons (Fsp3) is 0.292. The van der Waals surface area contributed by atoms with Gasteiger partial charge in [-0.2, -0.15) is 0 Å². The van der Waals surface area contributed by atoms with Crippen molar-refractivity contribution < 1.29 is 14.9 Å². The van der Waals surface area contributed by atoms with Gasteiger partial charge in [0.25, 0.3) is 0 Å². The summed E-state index contributed by atoms with van der Waals surface area (Å²) in [6.07, 6.45) is 3.56. The van der Waals surface area contributed by atoms with Crippen molar-refractivity contribution in [3.63, 3.8) is 0 Å². The first kappa shape index (κ1) is 20.6. The molecule has 3 N–H and O–H groups in total. The molecule has 2 aromatic carbocycles. The summed E-state index contributed by atoms with van der Waals surface area (Å²) in [6, 6.07) is 18.9. The zero-order chi connectivity index (χ0) is 21.9. The predicted octanol–water partition coefficient (Wildman–Crippen LogP) is 3.38. The van der Waals surface area contributed by atoms with Crippen LogP contribution in [0.5, 0.6) is 0 Å². The third-order valence-electron chi connectivity index (χ3n) is 5.87. The maximum absolute atomic E-state index is 11.2. The Morgan fingerprint density at radius 3 is 2.38 bits per heavy atom. The standard InChI is InChI=1S/C24H25N5O3/c30-13-18-11-12-19(32-18)29-15-27-21-23(25-14-26-24(21)29)28-20(16-7-3-1-4-8-16)22(31)17-9-5-2-6-10-17/h1-10,14-15,18-20,22,30-31H,11-13H2,(H,25,26,28)/t18-,19+,20+,22-/m0/s1. The molecule has 1 aliphatic heterocycles. The number of hydrogen-bond acceptors (Lipinski definition) is 7. The molecule has 0 radical (unpaired) electrons. The first-order chi connectivity index (χ1) is 15.7. The minimum absolute atomic E-state index is 0.00104. The summed E-state index contributed by atoms with van der Waals surface area (Å²) < 4.78 is 7.78. The summed E-state index contributed by atoms with van der Waals surface area (Å²) in [4.78, 5) is 13.4. The van der Waals surface area contributed by atoms with Crippen LogP contribution in [0, 0.1) is 0 Å². The molecule has 0 aliphatic carbocycles. The van der Waals surface area contributed by atoms with E-state index in [1.54, 1.807) is 6.33 Å². The van der Waals surface area contributed by atoms with E-state index in [0.29, 0.717) is 17.0 Å². The van der Waals surface area contributed by atoms with Crippen molar-refractivity contribution in [3.8, 4) is 0 Å². The maximum atomic E-state index is 11.2. The van der Waals surface area contributed by atoms with Gasteiger partial charge in [-0.1, -0.05) is 60.7 Å². The second kappa shape index (κ2) is 9.04. The summed E-state index contributed by atoms with van der Waals surface area (Å²) >= 11 is 0. The number of nitrogens with zero attached hydrogens (tertiary/aromatic N) is 4. The number of fused-ring (bicyclic) bond motifs is 1. The lowest BCUT2D eigenvalue weighted by molar-refractivity contribution is -0.0207. The van der Waals surface area contributed by atoms with Crippen LogP contribution in [0.4, 0.5) is 5.82 Å². The Hall–Kier alpha value is -3.33. The van der Waals surface area contributed by atoms with Crippen LogP contribution in [0.3, 0.4) is 0 Å². The van der Waals surface area contributed by atoms with E-state index in [1.165, 1.54) is 6.33 Å². The maximum Gasteiger partial charge on any atom is 0.167 e. The van der Waals surface area contributed by atoms with E-state index in [9.17, 15) is 10.2 Å². The number of anilines is 1. The SMILES string of the molecule is OC[C@@H]1CC[C@H](n2cnc3c(N[C@H](c4ccccc4)[C@@H](O)c4ccccc4)ncnc32)O1. The molecule has 0 amide bonds. The second-order valence-electron chi connectivity index (χ2n) is 7.91. The van der Waals surface area contributed by atoms with Gasteiger partial charge >= 0.3 is 0 Å². The molecular formula is C24H25N5O3. The number of benzene rings is 2. The van der Waals surface area contributed by atoms with Gasteiger partial charge in [0, 0.05) is 0 Å². The number of aliphatic hydroxyl groups is 2. The molecule has 0 bridgehead atoms. The number of aliphatic hydroxyl groups excluding tert-OH is 2. The smallest absolute Gasteiger partial charge is 0.167 e. The zero-order valence-electron chi connectivity index (χ0n) is 17.5. The number of aromatic nitrogens is 4. The highest BCUT2D eigenvalue weighted by molar-refractivity contribution is 5.83. The fourth-order valence-corrected chi connectivity index (χ4v) is 4.19. The average molecular weight is 431 g/mol. The lowest BCUT2D eigenvalue weighted by atomic mass is 9.96. The number of rotatable bonds is 7. The molecule has 5 rings (SSSR count). The number of nitrogens with one attached hydrogen (secondary N) is 1. The summed E-state index contributed by atoms with van der Waals surface area (Å²) in [5.41, 5.74) is 2.98. The molecule has 1 saturated heterocycles. The Balaban J connectivity index is 1.49. The molecule has 0 saturated carbocycles. The van der Waals surface area contributed by atoms with E-state index in [2.05, 4.69) is 20.3 Å². The van der Waals surface area contributed by atoms with Crippen LogP contribution in [0.15, 0.2) is 73.3 Å². The molecule has 8 nitrogen and oxygen atoms in total. The molecule has 3 heterocycles. The monoisotopic (exact) mass is 431 g/mol. The fourth-order valence-electron chi connectivity index (χ4n) is 4.19. The molecular weight excluding hydrogens is 406 g/mol. The molecule has 1 fully saturated rings. The van der Waals surface area contributed by atoms with Gasteiger partial charge in [-0.05, 0) is 24.0 Å². The van der Waals surface area contributed by atoms with E-state index in [-0.39, 0.29) is 18.9 Å². The summed E-state index contributed by atoms with van der Waals surface area (Å²) in [7, 11) is 0. The Kier molecular flexibility index (Phi) is 5.81. The number of ether oxygens (including phenoxy) is 1. The van der Waals surface area contributed by atoms with Crippen LogP contribution in [0.1, 0.15) is 42.3 Å². The highest BCUT2D eigenvalue weighted by atomic mass is 16.5. The van der Waals surface area contributed by atoms with Crippen molar-refractivity contribution in [1.82, 2.24) is 19.5 Å². The van der Waals surface area contributed by atoms with E-state index in [0.717, 1.165) is 24.0 Å². The largest absolute Gasteiger partial charge is 0.394 e. The normalized spacial score (nSPS) is 20.3. The molecule has 8 heteroatoms. The Bertz CT molecular complexity index is 1170. The van der Waals surface area contributed by atoms with Gasteiger partial charge in [0.15, 0.2) is 17.0 Å². The van der Waals surface area contributed by atoms with Gasteiger partial charge in [0.1, 0.15) is 18.7 Å². The quantitative estimate of drug-likeness (QED) is 0.412. The average Bonchev–Trinajstić information content (AvgIpc) is 3.50. The zero-order valence-corrected chi connectivity index (χ0v) is 17.5. The lowest BCUT2D eigenvalue weighted by Crippen LogP contribution is -2.20. The first-order valence-electron chi connectivity index (χ1n) is 10.7. The van der Waals surface area contributed by atoms with Gasteiger partial charge < -0.3 is 20.3 Å². The van der Waals surface area contributed by atoms with Crippen molar-refractivity contribution in [2.24, 2.45) is 0 Å². The Labute approximate surface area is 185 Å². The van der Waals surface area contributed by atoms with Crippen molar-refractivity contribution in [2.75, 3.05) is 11.9 Å². The van der Waals surface area contributed by atoms with E-state index < -0.39 is 12.1 Å². The van der Waals surface area contributed by atoms with Crippen LogP contribution in [0.2, 0.25) is 0 Å². The highest BCUT2D eigenvalue weighted by Gasteiger charge is 2.29. The van der Waals surface area contributed by atoms with Crippen LogP contribution in [-0.4, -0.2) is 42.4 Å². The van der Waals surface area contributed by atoms with Gasteiger partial charge in [-0.25, -0.2) is 15.0 Å². The Morgan fingerprint density at radius 1 is 0.969 bits per heavy atom. The third-order valence-corrected chi connectivity index (χ3v) is 5.87. The minimum Gasteiger partial charge on any atom is -0.394 e. The number of imidazole rings is 1. The van der Waals surface area contributed by atoms with Crippen LogP contribution in [0.25, 0.3) is 11.2 Å². The third kappa shape index (κ3) is 3.95. The van der Waals surface area contributed by atoms with Crippen LogP contribution in [-0.2, 0) is 4.74 Å². The topological polar surface area (TPSA) is 105 Å². The second-order valence-corrected chi connectivity index (χ2v) is 7.91. The van der Waals surface area contributed by atoms with Gasteiger partial charge in [0.05, 0.1) is 25.1 Å². The molecule has 4 atom stereocenters. The van der Waals surface area contributed by atoms with E-state index in [1.807, 2.05) is 65.2 Å². The number of hydrogen-bond donors (Lipinski definition) is 3. The molecule has 1 aliphatic rings. The van der Waals surface area contributed by atoms with Crippen molar-refractivity contribution in [2.45, 2.75) is 37.3 Å². The van der Waals surface area contributed by atoms with Gasteiger partial charge in [0.2, 0.25) is 0 Å². The van der Waals surface area contributed by atoms with E-state index in [4.69, 9.17) is 4.74 Å². The van der Waals surface area contributed by atoms with Crippen LogP contribution < -0.4 is 5.32 Å². The summed E-state index contributed by atoms with van der Waals surface area (Å²) in [6.45, 7) is 0.00104. The molecule has 32 heavy (non-hydrogen) atoms. The van der Waals surface area contributed by atoms with Crippen molar-refractivity contribution in [1.29, 1.82) is 0 Å². The highest BCUT2D eigenvalue weighted by Crippen LogP contribution is 2.35. The van der Waals surface area contributed by atoms with Crippen molar-refractivity contribution >= 4 is 17.0 Å². The van der Waals surface area contributed by atoms with Gasteiger partial charge in [-0.3, -0.25) is 4.57 Å². The Morgan fingerprint density at radius 2 is 1.69 bits per heavy atom. The lowest BCUT2D eigenvalue weighted by Gasteiger charge is -2.25. The predicted molar refractivity (Wildman–Crippen MR) is 120 cm³/mol. The van der Waals surface area contributed by atoms with Crippen molar-refractivity contribution in [3.05, 3.63) is 84.4 Å². The summed E-state index contributed by atoms with van der Waals surface area (Å²) in [5.74, 6) is 0.536. The molecule has 164 valence electrons. The first-order valence-corrected chi connectivity index (χ1v) is 10.7. The van der Waals surface area contributed by atoms with Crippen LogP contribution >= 0.6 is 0 Å².